The lowest BCUT2D eigenvalue weighted by atomic mass is 9.98. The molecule has 0 aliphatic carbocycles. The zero-order chi connectivity index (χ0) is 13.0. The molecule has 1 rings (SSSR count). The first kappa shape index (κ1) is 14.7. The molecule has 1 unspecified atom stereocenters. The summed E-state index contributed by atoms with van der Waals surface area (Å²) >= 11 is 3.65. The third-order valence-electron chi connectivity index (χ3n) is 3.32. The third-order valence-corrected chi connectivity index (χ3v) is 4.35. The summed E-state index contributed by atoms with van der Waals surface area (Å²) in [4.78, 5) is 0. The summed E-state index contributed by atoms with van der Waals surface area (Å²) in [5, 5.41) is 7.92. The minimum Gasteiger partial charge on any atom is -0.317 e. The summed E-state index contributed by atoms with van der Waals surface area (Å²) in [6.45, 7) is 9.66. The van der Waals surface area contributed by atoms with E-state index in [1.54, 1.807) is 0 Å². The molecule has 0 aliphatic heterocycles. The minimum atomic E-state index is 0.572. The molecule has 0 bridgehead atoms. The van der Waals surface area contributed by atoms with E-state index >= 15 is 0 Å². The van der Waals surface area contributed by atoms with Crippen LogP contribution in [0.2, 0.25) is 0 Å². The highest BCUT2D eigenvalue weighted by Crippen LogP contribution is 2.23. The van der Waals surface area contributed by atoms with Gasteiger partial charge in [0.15, 0.2) is 0 Å². The van der Waals surface area contributed by atoms with Crippen LogP contribution >= 0.6 is 15.9 Å². The molecular weight excluding hydrogens is 278 g/mol. The summed E-state index contributed by atoms with van der Waals surface area (Å²) in [6.07, 6.45) is 2.22. The second-order valence-corrected chi connectivity index (χ2v) is 5.63. The molecule has 1 N–H and O–H groups in total. The normalized spacial score (nSPS) is 13.4. The van der Waals surface area contributed by atoms with Crippen LogP contribution in [0.1, 0.15) is 38.6 Å². The van der Waals surface area contributed by atoms with E-state index in [0.717, 1.165) is 25.1 Å². The van der Waals surface area contributed by atoms with Gasteiger partial charge in [0.2, 0.25) is 0 Å². The smallest absolute Gasteiger partial charge is 0.0738 e. The number of nitrogens with zero attached hydrogens (tertiary/aromatic N) is 2. The topological polar surface area (TPSA) is 29.9 Å². The van der Waals surface area contributed by atoms with E-state index in [0.29, 0.717) is 12.0 Å². The van der Waals surface area contributed by atoms with Gasteiger partial charge in [-0.25, -0.2) is 0 Å². The van der Waals surface area contributed by atoms with Crippen LogP contribution in [0.15, 0.2) is 4.47 Å². The number of aromatic nitrogens is 2. The van der Waals surface area contributed by atoms with Crippen molar-refractivity contribution < 1.29 is 0 Å². The summed E-state index contributed by atoms with van der Waals surface area (Å²) in [5.74, 6) is 0.665. The molecule has 0 fully saturated rings. The van der Waals surface area contributed by atoms with Gasteiger partial charge in [0.25, 0.3) is 0 Å². The number of hydrogen-bond donors (Lipinski definition) is 1. The summed E-state index contributed by atoms with van der Waals surface area (Å²) < 4.78 is 3.28. The standard InChI is InChI=1S/C13H24BrN3/c1-6-17-12(13(14)10(4)16-17)8-7-11(15-5)9(2)3/h9,11,15H,6-8H2,1-5H3. The number of rotatable bonds is 6. The molecule has 4 heteroatoms. The van der Waals surface area contributed by atoms with Gasteiger partial charge in [-0.15, -0.1) is 0 Å². The quantitative estimate of drug-likeness (QED) is 0.875. The number of nitrogens with one attached hydrogen (secondary N) is 1. The SMILES string of the molecule is CCn1nc(C)c(Br)c1CCC(NC)C(C)C. The van der Waals surface area contributed by atoms with Gasteiger partial charge in [0, 0.05) is 12.6 Å². The van der Waals surface area contributed by atoms with Gasteiger partial charge >= 0.3 is 0 Å². The lowest BCUT2D eigenvalue weighted by Crippen LogP contribution is -2.31. The van der Waals surface area contributed by atoms with E-state index in [2.05, 4.69) is 58.7 Å². The van der Waals surface area contributed by atoms with Gasteiger partial charge in [-0.1, -0.05) is 13.8 Å². The Labute approximate surface area is 113 Å². The van der Waals surface area contributed by atoms with Gasteiger partial charge < -0.3 is 5.32 Å². The van der Waals surface area contributed by atoms with E-state index in [-0.39, 0.29) is 0 Å². The predicted molar refractivity (Wildman–Crippen MR) is 76.3 cm³/mol. The Hall–Kier alpha value is -0.350. The fourth-order valence-corrected chi connectivity index (χ4v) is 2.69. The summed E-state index contributed by atoms with van der Waals surface area (Å²) in [7, 11) is 2.04. The van der Waals surface area contributed by atoms with E-state index in [4.69, 9.17) is 0 Å². The van der Waals surface area contributed by atoms with Crippen LogP contribution in [0.3, 0.4) is 0 Å². The molecule has 1 heterocycles. The van der Waals surface area contributed by atoms with Crippen molar-refractivity contribution in [3.8, 4) is 0 Å². The zero-order valence-corrected chi connectivity index (χ0v) is 13.1. The molecular formula is C13H24BrN3. The van der Waals surface area contributed by atoms with E-state index in [1.807, 2.05) is 7.05 Å². The highest BCUT2D eigenvalue weighted by molar-refractivity contribution is 9.10. The molecule has 0 aliphatic rings. The maximum atomic E-state index is 4.53. The molecule has 0 saturated carbocycles. The van der Waals surface area contributed by atoms with Crippen LogP contribution in [0.4, 0.5) is 0 Å². The fourth-order valence-electron chi connectivity index (χ4n) is 2.21. The van der Waals surface area contributed by atoms with E-state index < -0.39 is 0 Å². The van der Waals surface area contributed by atoms with Crippen molar-refractivity contribution in [2.45, 2.75) is 53.1 Å². The molecule has 0 spiro atoms. The highest BCUT2D eigenvalue weighted by atomic mass is 79.9. The number of aryl methyl sites for hydroxylation is 2. The Morgan fingerprint density at radius 2 is 2.06 bits per heavy atom. The number of hydrogen-bond acceptors (Lipinski definition) is 2. The van der Waals surface area contributed by atoms with Crippen molar-refractivity contribution in [3.63, 3.8) is 0 Å². The zero-order valence-electron chi connectivity index (χ0n) is 11.5. The molecule has 0 amide bonds. The molecule has 0 radical (unpaired) electrons. The lowest BCUT2D eigenvalue weighted by molar-refractivity contribution is 0.398. The van der Waals surface area contributed by atoms with Gasteiger partial charge in [-0.3, -0.25) is 4.68 Å². The van der Waals surface area contributed by atoms with E-state index in [1.165, 1.54) is 10.2 Å². The van der Waals surface area contributed by atoms with E-state index in [9.17, 15) is 0 Å². The first-order valence-electron chi connectivity index (χ1n) is 6.40. The Balaban J connectivity index is 2.74. The lowest BCUT2D eigenvalue weighted by Gasteiger charge is -2.20. The van der Waals surface area contributed by atoms with Crippen LogP contribution in [0.25, 0.3) is 0 Å². The van der Waals surface area contributed by atoms with Gasteiger partial charge in [0.1, 0.15) is 0 Å². The van der Waals surface area contributed by atoms with Crippen LogP contribution in [-0.2, 0) is 13.0 Å². The van der Waals surface area contributed by atoms with Gasteiger partial charge in [-0.05, 0) is 55.6 Å². The highest BCUT2D eigenvalue weighted by Gasteiger charge is 2.16. The largest absolute Gasteiger partial charge is 0.317 e. The summed E-state index contributed by atoms with van der Waals surface area (Å²) in [5.41, 5.74) is 2.42. The predicted octanol–water partition coefficient (Wildman–Crippen LogP) is 3.15. The average Bonchev–Trinajstić information content (AvgIpc) is 2.56. The third kappa shape index (κ3) is 3.55. The first-order valence-corrected chi connectivity index (χ1v) is 7.19. The Morgan fingerprint density at radius 3 is 2.53 bits per heavy atom. The first-order chi connectivity index (χ1) is 8.01. The second kappa shape index (κ2) is 6.55. The van der Waals surface area contributed by atoms with Crippen molar-refractivity contribution in [1.82, 2.24) is 15.1 Å². The van der Waals surface area contributed by atoms with Crippen molar-refractivity contribution in [3.05, 3.63) is 15.9 Å². The van der Waals surface area contributed by atoms with Crippen molar-refractivity contribution in [2.24, 2.45) is 5.92 Å². The van der Waals surface area contributed by atoms with Crippen LogP contribution < -0.4 is 5.32 Å². The van der Waals surface area contributed by atoms with Gasteiger partial charge in [-0.2, -0.15) is 5.10 Å². The van der Waals surface area contributed by atoms with Crippen molar-refractivity contribution >= 4 is 15.9 Å². The van der Waals surface area contributed by atoms with Crippen LogP contribution in [0, 0.1) is 12.8 Å². The second-order valence-electron chi connectivity index (χ2n) is 4.84. The molecule has 1 atom stereocenters. The van der Waals surface area contributed by atoms with Crippen molar-refractivity contribution in [1.29, 1.82) is 0 Å². The fraction of sp³-hybridized carbons (Fsp3) is 0.769. The Kier molecular flexibility index (Phi) is 5.67. The molecule has 3 nitrogen and oxygen atoms in total. The molecule has 0 saturated heterocycles. The molecule has 1 aromatic heterocycles. The molecule has 98 valence electrons. The molecule has 0 aromatic carbocycles. The maximum Gasteiger partial charge on any atom is 0.0738 e. The van der Waals surface area contributed by atoms with Crippen LogP contribution in [0.5, 0.6) is 0 Å². The average molecular weight is 302 g/mol. The Bertz CT molecular complexity index is 358. The van der Waals surface area contributed by atoms with Gasteiger partial charge in [0.05, 0.1) is 15.9 Å². The summed E-state index contributed by atoms with van der Waals surface area (Å²) in [6, 6.07) is 0.572. The monoisotopic (exact) mass is 301 g/mol. The van der Waals surface area contributed by atoms with Crippen molar-refractivity contribution in [2.75, 3.05) is 7.05 Å². The molecule has 17 heavy (non-hydrogen) atoms. The molecule has 1 aromatic rings. The van der Waals surface area contributed by atoms with Crippen LogP contribution in [-0.4, -0.2) is 22.9 Å². The minimum absolute atomic E-state index is 0.572. The maximum absolute atomic E-state index is 4.53. The Morgan fingerprint density at radius 1 is 1.41 bits per heavy atom. The number of halogens is 1.